The molecule has 1 atom stereocenters. The molecule has 0 bridgehead atoms. The summed E-state index contributed by atoms with van der Waals surface area (Å²) in [5, 5.41) is 0. The first-order valence-corrected chi connectivity index (χ1v) is 5.39. The second-order valence-electron chi connectivity index (χ2n) is 3.98. The maximum Gasteiger partial charge on any atom is 0.293 e. The van der Waals surface area contributed by atoms with E-state index in [2.05, 4.69) is 0 Å². The lowest BCUT2D eigenvalue weighted by Gasteiger charge is -2.34. The molecule has 1 radical (unpaired) electrons. The molecule has 16 heavy (non-hydrogen) atoms. The van der Waals surface area contributed by atoms with Crippen LogP contribution in [-0.4, -0.2) is 31.2 Å². The van der Waals surface area contributed by atoms with Crippen LogP contribution in [0, 0.1) is 0 Å². The van der Waals surface area contributed by atoms with Crippen LogP contribution in [0.2, 0.25) is 0 Å². The average molecular weight is 214 g/mol. The van der Waals surface area contributed by atoms with E-state index in [1.165, 1.54) is 0 Å². The predicted molar refractivity (Wildman–Crippen MR) is 63.2 cm³/mol. The monoisotopic (exact) mass is 214 g/mol. The minimum Gasteiger partial charge on any atom is -0.333 e. The molecule has 1 aromatic carbocycles. The fourth-order valence-electron chi connectivity index (χ4n) is 2.31. The molecular formula is C12H13BNO2. The lowest BCUT2D eigenvalue weighted by molar-refractivity contribution is 0.112. The van der Waals surface area contributed by atoms with Crippen molar-refractivity contribution < 1.29 is 9.59 Å². The third-order valence-electron chi connectivity index (χ3n) is 3.20. The molecule has 1 aliphatic rings. The second-order valence-corrected chi connectivity index (χ2v) is 3.98. The van der Waals surface area contributed by atoms with Crippen molar-refractivity contribution in [3.8, 4) is 0 Å². The number of hydrogen-bond donors (Lipinski definition) is 0. The molecular weight excluding hydrogens is 201 g/mol. The molecule has 1 aliphatic heterocycles. The van der Waals surface area contributed by atoms with E-state index >= 15 is 0 Å². The molecule has 81 valence electrons. The lowest BCUT2D eigenvalue weighted by Crippen LogP contribution is -2.37. The van der Waals surface area contributed by atoms with Crippen molar-refractivity contribution in [2.24, 2.45) is 0 Å². The van der Waals surface area contributed by atoms with Gasteiger partial charge in [0.05, 0.1) is 6.19 Å². The summed E-state index contributed by atoms with van der Waals surface area (Å²) < 4.78 is 0. The lowest BCUT2D eigenvalue weighted by atomic mass is 9.82. The molecule has 0 spiro atoms. The molecule has 0 fully saturated rings. The van der Waals surface area contributed by atoms with E-state index in [1.807, 2.05) is 29.9 Å². The molecule has 2 rings (SSSR count). The van der Waals surface area contributed by atoms with E-state index in [1.54, 1.807) is 7.41 Å². The van der Waals surface area contributed by atoms with Crippen LogP contribution in [0.5, 0.6) is 0 Å². The highest BCUT2D eigenvalue weighted by Crippen LogP contribution is 2.29. The number of aldehydes is 1. The molecule has 0 unspecified atom stereocenters. The van der Waals surface area contributed by atoms with Gasteiger partial charge in [-0.25, -0.2) is 0 Å². The molecule has 0 saturated heterocycles. The summed E-state index contributed by atoms with van der Waals surface area (Å²) in [6.07, 6.45) is 2.54. The van der Waals surface area contributed by atoms with Gasteiger partial charge in [0.15, 0.2) is 0 Å². The first-order valence-electron chi connectivity index (χ1n) is 5.39. The van der Waals surface area contributed by atoms with Crippen molar-refractivity contribution in [2.75, 3.05) is 6.54 Å². The van der Waals surface area contributed by atoms with Crippen molar-refractivity contribution >= 4 is 19.9 Å². The Balaban J connectivity index is 2.38. The molecule has 0 N–H and O–H groups in total. The minimum absolute atomic E-state index is 0.161. The summed E-state index contributed by atoms with van der Waals surface area (Å²) in [4.78, 5) is 23.4. The second kappa shape index (κ2) is 4.62. The van der Waals surface area contributed by atoms with Gasteiger partial charge in [0, 0.05) is 11.6 Å². The van der Waals surface area contributed by atoms with Gasteiger partial charge >= 0.3 is 0 Å². The third-order valence-corrected chi connectivity index (χ3v) is 3.20. The zero-order chi connectivity index (χ0) is 11.5. The predicted octanol–water partition coefficient (Wildman–Crippen LogP) is 1.23. The summed E-state index contributed by atoms with van der Waals surface area (Å²) in [5.74, 6) is 0. The minimum atomic E-state index is 0.161. The molecule has 0 aromatic heterocycles. The smallest absolute Gasteiger partial charge is 0.293 e. The first-order chi connectivity index (χ1) is 7.77. The van der Waals surface area contributed by atoms with Crippen LogP contribution in [0.1, 0.15) is 34.5 Å². The van der Waals surface area contributed by atoms with E-state index < -0.39 is 0 Å². The largest absolute Gasteiger partial charge is 0.333 e. The van der Waals surface area contributed by atoms with Crippen LogP contribution >= 0.6 is 0 Å². The quantitative estimate of drug-likeness (QED) is 0.560. The molecule has 0 saturated carbocycles. The Hall–Kier alpha value is -1.42. The van der Waals surface area contributed by atoms with Crippen LogP contribution < -0.4 is 0 Å². The Morgan fingerprint density at radius 2 is 2.25 bits per heavy atom. The molecule has 0 amide bonds. The number of fused-ring (bicyclic) bond motifs is 1. The standard InChI is InChI=1S/C12H13BNO2/c1-9-11-4-2-3-10(7-15)12(11)5-6-14(9)13-8-16/h2-4,7-9H,5-6H2,1H3/t9-/m0/s1. The number of benzene rings is 1. The Morgan fingerprint density at radius 1 is 1.44 bits per heavy atom. The van der Waals surface area contributed by atoms with Gasteiger partial charge in [0.2, 0.25) is 0 Å². The number of nitrogens with zero attached hydrogens (tertiary/aromatic N) is 1. The van der Waals surface area contributed by atoms with E-state index in [4.69, 9.17) is 0 Å². The zero-order valence-corrected chi connectivity index (χ0v) is 9.22. The van der Waals surface area contributed by atoms with E-state index in [9.17, 15) is 9.59 Å². The van der Waals surface area contributed by atoms with Crippen LogP contribution in [-0.2, 0) is 11.2 Å². The van der Waals surface area contributed by atoms with E-state index in [0.717, 1.165) is 42.1 Å². The van der Waals surface area contributed by atoms with Crippen LogP contribution in [0.25, 0.3) is 0 Å². The fraction of sp³-hybridized carbons (Fsp3) is 0.333. The first kappa shape index (κ1) is 11.1. The topological polar surface area (TPSA) is 37.4 Å². The van der Waals surface area contributed by atoms with Gasteiger partial charge < -0.3 is 9.61 Å². The van der Waals surface area contributed by atoms with E-state index in [-0.39, 0.29) is 6.04 Å². The highest BCUT2D eigenvalue weighted by Gasteiger charge is 2.24. The van der Waals surface area contributed by atoms with Gasteiger partial charge in [0.1, 0.15) is 6.29 Å². The van der Waals surface area contributed by atoms with Crippen molar-refractivity contribution in [3.05, 3.63) is 34.9 Å². The maximum atomic E-state index is 10.9. The Morgan fingerprint density at radius 3 is 2.94 bits per heavy atom. The normalized spacial score (nSPS) is 19.9. The van der Waals surface area contributed by atoms with Gasteiger partial charge in [-0.05, 0) is 31.0 Å². The summed E-state index contributed by atoms with van der Waals surface area (Å²) >= 11 is 0. The van der Waals surface area contributed by atoms with Gasteiger partial charge in [-0.1, -0.05) is 18.2 Å². The average Bonchev–Trinajstić information content (AvgIpc) is 2.32. The molecule has 0 aliphatic carbocycles. The zero-order valence-electron chi connectivity index (χ0n) is 9.22. The highest BCUT2D eigenvalue weighted by molar-refractivity contribution is 6.64. The Bertz CT molecular complexity index is 419. The van der Waals surface area contributed by atoms with Crippen molar-refractivity contribution in [2.45, 2.75) is 19.4 Å². The van der Waals surface area contributed by atoms with Crippen LogP contribution in [0.3, 0.4) is 0 Å². The summed E-state index contributed by atoms with van der Waals surface area (Å²) in [6.45, 7) is 2.84. The molecule has 4 heteroatoms. The molecule has 3 nitrogen and oxygen atoms in total. The Kier molecular flexibility index (Phi) is 3.20. The van der Waals surface area contributed by atoms with Crippen LogP contribution in [0.4, 0.5) is 0 Å². The summed E-state index contributed by atoms with van der Waals surface area (Å²) in [5.41, 5.74) is 3.05. The summed E-state index contributed by atoms with van der Waals surface area (Å²) in [6, 6.07) is 5.92. The number of rotatable bonds is 3. The van der Waals surface area contributed by atoms with Gasteiger partial charge in [0.25, 0.3) is 7.41 Å². The number of carbonyl (C=O) groups excluding carboxylic acids is 2. The highest BCUT2D eigenvalue weighted by atomic mass is 16.1. The third kappa shape index (κ3) is 1.81. The number of carbonyl (C=O) groups is 2. The van der Waals surface area contributed by atoms with Gasteiger partial charge in [-0.15, -0.1) is 0 Å². The number of hydrogen-bond acceptors (Lipinski definition) is 3. The van der Waals surface area contributed by atoms with Gasteiger partial charge in [-0.3, -0.25) is 4.79 Å². The van der Waals surface area contributed by atoms with Crippen molar-refractivity contribution in [1.82, 2.24) is 4.81 Å². The SMILES string of the molecule is C[C@H]1c2cccc(C=O)c2CCN1[B]C=O. The molecule has 1 aromatic rings. The van der Waals surface area contributed by atoms with Crippen molar-refractivity contribution in [3.63, 3.8) is 0 Å². The fourth-order valence-corrected chi connectivity index (χ4v) is 2.31. The van der Waals surface area contributed by atoms with E-state index in [0.29, 0.717) is 0 Å². The maximum absolute atomic E-state index is 10.9. The van der Waals surface area contributed by atoms with Crippen LogP contribution in [0.15, 0.2) is 18.2 Å². The van der Waals surface area contributed by atoms with Gasteiger partial charge in [-0.2, -0.15) is 0 Å². The molecule has 1 heterocycles. The summed E-state index contributed by atoms with van der Waals surface area (Å²) in [7, 11) is 1.57. The van der Waals surface area contributed by atoms with Crippen molar-refractivity contribution in [1.29, 1.82) is 0 Å². The Labute approximate surface area is 95.7 Å².